The molecule has 0 unspecified atom stereocenters. The highest BCUT2D eigenvalue weighted by atomic mass is 19.4. The van der Waals surface area contributed by atoms with Crippen molar-refractivity contribution < 1.29 is 27.1 Å². The molecule has 2 atom stereocenters. The van der Waals surface area contributed by atoms with Crippen LogP contribution in [0.25, 0.3) is 0 Å². The summed E-state index contributed by atoms with van der Waals surface area (Å²) in [5.41, 5.74) is -0.217. The molecule has 1 amide bonds. The van der Waals surface area contributed by atoms with E-state index in [9.17, 15) is 22.4 Å². The van der Waals surface area contributed by atoms with E-state index in [0.29, 0.717) is 19.4 Å². The Morgan fingerprint density at radius 2 is 1.95 bits per heavy atom. The maximum atomic E-state index is 13.0. The Kier molecular flexibility index (Phi) is 4.27. The Labute approximate surface area is 112 Å². The van der Waals surface area contributed by atoms with Crippen molar-refractivity contribution in [3.05, 3.63) is 35.6 Å². The number of nitrogens with one attached hydrogen (secondary N) is 1. The molecule has 0 spiro atoms. The van der Waals surface area contributed by atoms with E-state index in [4.69, 9.17) is 4.74 Å². The number of alkyl halides is 3. The second-order valence-electron chi connectivity index (χ2n) is 4.54. The molecule has 1 saturated heterocycles. The van der Waals surface area contributed by atoms with Gasteiger partial charge in [-0.2, -0.15) is 13.2 Å². The highest BCUT2D eigenvalue weighted by Gasteiger charge is 2.43. The van der Waals surface area contributed by atoms with Gasteiger partial charge in [0.1, 0.15) is 11.9 Å². The summed E-state index contributed by atoms with van der Waals surface area (Å²) in [6.45, 7) is 0.366. The van der Waals surface area contributed by atoms with Gasteiger partial charge in [-0.05, 0) is 30.5 Å². The molecule has 1 aliphatic heterocycles. The van der Waals surface area contributed by atoms with Crippen LogP contribution in [0.4, 0.5) is 17.6 Å². The number of ether oxygens (including phenoxy) is 1. The van der Waals surface area contributed by atoms with Gasteiger partial charge in [-0.3, -0.25) is 4.79 Å². The normalized spacial score (nSPS) is 20.7. The molecule has 0 radical (unpaired) electrons. The van der Waals surface area contributed by atoms with E-state index >= 15 is 0 Å². The molecular weight excluding hydrogens is 278 g/mol. The SMILES string of the molecule is O=C(N[C@@H](c1ccc(F)cc1)C(F)(F)F)[C@H]1CCCO1. The molecule has 1 N–H and O–H groups in total. The highest BCUT2D eigenvalue weighted by Crippen LogP contribution is 2.33. The molecule has 1 aliphatic rings. The molecule has 1 aromatic rings. The van der Waals surface area contributed by atoms with Crippen LogP contribution in [0.2, 0.25) is 0 Å². The third kappa shape index (κ3) is 3.47. The van der Waals surface area contributed by atoms with Gasteiger partial charge in [0.05, 0.1) is 0 Å². The quantitative estimate of drug-likeness (QED) is 0.870. The first-order chi connectivity index (χ1) is 9.38. The van der Waals surface area contributed by atoms with Crippen LogP contribution in [0.3, 0.4) is 0 Å². The van der Waals surface area contributed by atoms with Gasteiger partial charge in [0, 0.05) is 6.61 Å². The van der Waals surface area contributed by atoms with E-state index in [1.807, 2.05) is 5.32 Å². The van der Waals surface area contributed by atoms with E-state index in [1.54, 1.807) is 0 Å². The zero-order valence-corrected chi connectivity index (χ0v) is 10.4. The van der Waals surface area contributed by atoms with E-state index in [0.717, 1.165) is 24.3 Å². The molecule has 0 aromatic heterocycles. The van der Waals surface area contributed by atoms with Crippen molar-refractivity contribution >= 4 is 5.91 Å². The van der Waals surface area contributed by atoms with Crippen LogP contribution in [0, 0.1) is 5.82 Å². The summed E-state index contributed by atoms with van der Waals surface area (Å²) in [4.78, 5) is 11.7. The van der Waals surface area contributed by atoms with Crippen LogP contribution in [0.5, 0.6) is 0 Å². The molecule has 20 heavy (non-hydrogen) atoms. The maximum absolute atomic E-state index is 13.0. The zero-order valence-electron chi connectivity index (χ0n) is 10.4. The van der Waals surface area contributed by atoms with Crippen LogP contribution in [0.1, 0.15) is 24.4 Å². The molecule has 110 valence electrons. The van der Waals surface area contributed by atoms with Crippen LogP contribution in [0.15, 0.2) is 24.3 Å². The topological polar surface area (TPSA) is 38.3 Å². The number of carbonyl (C=O) groups is 1. The molecule has 1 heterocycles. The molecular formula is C13H13F4NO2. The van der Waals surface area contributed by atoms with Crippen LogP contribution < -0.4 is 5.32 Å². The fourth-order valence-corrected chi connectivity index (χ4v) is 2.03. The van der Waals surface area contributed by atoms with Gasteiger partial charge in [-0.25, -0.2) is 4.39 Å². The highest BCUT2D eigenvalue weighted by molar-refractivity contribution is 5.81. The number of hydrogen-bond donors (Lipinski definition) is 1. The van der Waals surface area contributed by atoms with Crippen LogP contribution >= 0.6 is 0 Å². The average Bonchev–Trinajstić information content (AvgIpc) is 2.89. The second kappa shape index (κ2) is 5.78. The summed E-state index contributed by atoms with van der Waals surface area (Å²) in [5.74, 6) is -1.44. The molecule has 3 nitrogen and oxygen atoms in total. The summed E-state index contributed by atoms with van der Waals surface area (Å²) in [6, 6.07) is 1.69. The molecule has 0 saturated carbocycles. The van der Waals surface area contributed by atoms with Crippen LogP contribution in [-0.2, 0) is 9.53 Å². The molecule has 0 bridgehead atoms. The first-order valence-corrected chi connectivity index (χ1v) is 6.12. The maximum Gasteiger partial charge on any atom is 0.412 e. The zero-order chi connectivity index (χ0) is 14.8. The molecule has 7 heteroatoms. The third-order valence-corrected chi connectivity index (χ3v) is 3.04. The van der Waals surface area contributed by atoms with Gasteiger partial charge in [0.15, 0.2) is 6.04 Å². The van der Waals surface area contributed by atoms with Gasteiger partial charge in [0.25, 0.3) is 0 Å². The van der Waals surface area contributed by atoms with E-state index in [2.05, 4.69) is 0 Å². The van der Waals surface area contributed by atoms with Gasteiger partial charge in [0.2, 0.25) is 5.91 Å². The standard InChI is InChI=1S/C13H13F4NO2/c14-9-5-3-8(4-6-9)11(13(15,16)17)18-12(19)10-2-1-7-20-10/h3-6,10-11H,1-2,7H2,(H,18,19)/t10-,11+/m1/s1. The van der Waals surface area contributed by atoms with Crippen molar-refractivity contribution in [2.24, 2.45) is 0 Å². The largest absolute Gasteiger partial charge is 0.412 e. The number of benzene rings is 1. The number of rotatable bonds is 3. The summed E-state index contributed by atoms with van der Waals surface area (Å²) in [6.07, 6.45) is -4.46. The Balaban J connectivity index is 2.15. The van der Waals surface area contributed by atoms with E-state index < -0.39 is 30.0 Å². The Hall–Kier alpha value is -1.63. The first-order valence-electron chi connectivity index (χ1n) is 6.12. The lowest BCUT2D eigenvalue weighted by Crippen LogP contribution is -2.42. The molecule has 1 aromatic carbocycles. The molecule has 1 fully saturated rings. The minimum atomic E-state index is -4.66. The van der Waals surface area contributed by atoms with Gasteiger partial charge < -0.3 is 10.1 Å². The average molecular weight is 291 g/mol. The summed E-state index contributed by atoms with van der Waals surface area (Å²) >= 11 is 0. The van der Waals surface area contributed by atoms with E-state index in [-0.39, 0.29) is 5.56 Å². The summed E-state index contributed by atoms with van der Waals surface area (Å²) in [7, 11) is 0. The minimum absolute atomic E-state index is 0.217. The molecule has 0 aliphatic carbocycles. The number of carbonyl (C=O) groups excluding carboxylic acids is 1. The lowest BCUT2D eigenvalue weighted by molar-refractivity contribution is -0.166. The first kappa shape index (κ1) is 14.8. The predicted octanol–water partition coefficient (Wildman–Crippen LogP) is 2.72. The van der Waals surface area contributed by atoms with Crippen LogP contribution in [-0.4, -0.2) is 24.8 Å². The van der Waals surface area contributed by atoms with Crippen molar-refractivity contribution in [3.63, 3.8) is 0 Å². The van der Waals surface area contributed by atoms with Crippen molar-refractivity contribution in [1.82, 2.24) is 5.32 Å². The van der Waals surface area contributed by atoms with Gasteiger partial charge in [-0.15, -0.1) is 0 Å². The van der Waals surface area contributed by atoms with Gasteiger partial charge in [-0.1, -0.05) is 12.1 Å². The van der Waals surface area contributed by atoms with Crippen molar-refractivity contribution in [1.29, 1.82) is 0 Å². The summed E-state index contributed by atoms with van der Waals surface area (Å²) < 4.78 is 56.8. The molecule has 2 rings (SSSR count). The monoisotopic (exact) mass is 291 g/mol. The predicted molar refractivity (Wildman–Crippen MR) is 62.3 cm³/mol. The number of halogens is 4. The fraction of sp³-hybridized carbons (Fsp3) is 0.462. The lowest BCUT2D eigenvalue weighted by atomic mass is 10.1. The Bertz CT molecular complexity index is 466. The minimum Gasteiger partial charge on any atom is -0.368 e. The van der Waals surface area contributed by atoms with Crippen molar-refractivity contribution in [2.75, 3.05) is 6.61 Å². The second-order valence-corrected chi connectivity index (χ2v) is 4.54. The van der Waals surface area contributed by atoms with Gasteiger partial charge >= 0.3 is 6.18 Å². The Morgan fingerprint density at radius 3 is 2.45 bits per heavy atom. The van der Waals surface area contributed by atoms with Crippen molar-refractivity contribution in [2.45, 2.75) is 31.2 Å². The number of amides is 1. The van der Waals surface area contributed by atoms with E-state index in [1.165, 1.54) is 0 Å². The lowest BCUT2D eigenvalue weighted by Gasteiger charge is -2.23. The van der Waals surface area contributed by atoms with Crippen molar-refractivity contribution in [3.8, 4) is 0 Å². The summed E-state index contributed by atoms with van der Waals surface area (Å²) in [5, 5.41) is 1.92. The number of hydrogen-bond acceptors (Lipinski definition) is 2. The smallest absolute Gasteiger partial charge is 0.368 e. The fourth-order valence-electron chi connectivity index (χ4n) is 2.03. The third-order valence-electron chi connectivity index (χ3n) is 3.04. The Morgan fingerprint density at radius 1 is 1.30 bits per heavy atom.